The van der Waals surface area contributed by atoms with Gasteiger partial charge in [-0.3, -0.25) is 5.43 Å². The molecular weight excluding hydrogens is 368 g/mol. The lowest BCUT2D eigenvalue weighted by atomic mass is 10.2. The van der Waals surface area contributed by atoms with Crippen LogP contribution in [0.3, 0.4) is 0 Å². The number of rotatable bonds is 6. The topological polar surface area (TPSA) is 117 Å². The van der Waals surface area contributed by atoms with Crippen LogP contribution in [0.4, 0.5) is 11.6 Å². The number of H-pyrrole nitrogens is 1. The molecule has 0 fully saturated rings. The zero-order chi connectivity index (χ0) is 19.5. The molecule has 5 rings (SSSR count). The van der Waals surface area contributed by atoms with Crippen LogP contribution in [0, 0.1) is 0 Å². The maximum Gasteiger partial charge on any atom is 0.245 e. The molecule has 0 saturated carbocycles. The summed E-state index contributed by atoms with van der Waals surface area (Å²) in [6.07, 6.45) is 3.63. The van der Waals surface area contributed by atoms with Crippen molar-refractivity contribution in [1.29, 1.82) is 0 Å². The van der Waals surface area contributed by atoms with E-state index in [1.807, 2.05) is 60.8 Å². The highest BCUT2D eigenvalue weighted by molar-refractivity contribution is 5.99. The predicted octanol–water partition coefficient (Wildman–Crippen LogP) is 3.55. The summed E-state index contributed by atoms with van der Waals surface area (Å²) in [6, 6.07) is 18.0. The molecule has 9 heteroatoms. The maximum atomic E-state index is 4.73. The van der Waals surface area contributed by atoms with Gasteiger partial charge in [0.25, 0.3) is 0 Å². The molecule has 0 aliphatic rings. The number of para-hydroxylation sites is 1. The first kappa shape index (κ1) is 16.9. The van der Waals surface area contributed by atoms with Gasteiger partial charge < -0.3 is 10.3 Å². The van der Waals surface area contributed by atoms with E-state index < -0.39 is 0 Å². The van der Waals surface area contributed by atoms with E-state index in [-0.39, 0.29) is 0 Å². The van der Waals surface area contributed by atoms with Crippen molar-refractivity contribution in [3.63, 3.8) is 0 Å². The molecule has 0 atom stereocenters. The zero-order valence-electron chi connectivity index (χ0n) is 15.2. The molecule has 2 aromatic carbocycles. The molecule has 0 aliphatic heterocycles. The normalized spacial score (nSPS) is 11.4. The van der Waals surface area contributed by atoms with Crippen molar-refractivity contribution in [2.45, 2.75) is 6.54 Å². The minimum Gasteiger partial charge on any atom is -0.363 e. The fraction of sp³-hybridized carbons (Fsp3) is 0.0500. The van der Waals surface area contributed by atoms with Crippen molar-refractivity contribution in [3.8, 4) is 0 Å². The van der Waals surface area contributed by atoms with Crippen molar-refractivity contribution >= 4 is 40.0 Å². The first-order valence-corrected chi connectivity index (χ1v) is 9.00. The molecule has 29 heavy (non-hydrogen) atoms. The number of aromatic amines is 1. The first-order valence-electron chi connectivity index (χ1n) is 9.00. The zero-order valence-corrected chi connectivity index (χ0v) is 15.2. The number of hydrogen-bond donors (Lipinski definition) is 3. The average Bonchev–Trinajstić information content (AvgIpc) is 3.39. The summed E-state index contributed by atoms with van der Waals surface area (Å²) in [5.74, 6) is 0.938. The Labute approximate surface area is 164 Å². The molecule has 9 nitrogen and oxygen atoms in total. The van der Waals surface area contributed by atoms with Crippen LogP contribution in [0.2, 0.25) is 0 Å². The number of aromatic nitrogens is 5. The van der Waals surface area contributed by atoms with Crippen molar-refractivity contribution in [3.05, 3.63) is 71.9 Å². The molecule has 0 aliphatic carbocycles. The smallest absolute Gasteiger partial charge is 0.245 e. The fourth-order valence-electron chi connectivity index (χ4n) is 2.98. The Balaban J connectivity index is 1.40. The van der Waals surface area contributed by atoms with Crippen LogP contribution in [0.25, 0.3) is 22.2 Å². The van der Waals surface area contributed by atoms with Crippen molar-refractivity contribution in [2.75, 3.05) is 10.7 Å². The van der Waals surface area contributed by atoms with Crippen LogP contribution in [-0.4, -0.2) is 31.5 Å². The molecule has 0 radical (unpaired) electrons. The Hall–Kier alpha value is -4.27. The van der Waals surface area contributed by atoms with E-state index in [0.717, 1.165) is 22.0 Å². The predicted molar refractivity (Wildman–Crippen MR) is 111 cm³/mol. The third kappa shape index (κ3) is 3.48. The van der Waals surface area contributed by atoms with Crippen LogP contribution < -0.4 is 10.7 Å². The fourth-order valence-corrected chi connectivity index (χ4v) is 2.98. The van der Waals surface area contributed by atoms with Crippen LogP contribution >= 0.6 is 0 Å². The second-order valence-corrected chi connectivity index (χ2v) is 6.33. The maximum absolute atomic E-state index is 4.73. The largest absolute Gasteiger partial charge is 0.363 e. The van der Waals surface area contributed by atoms with Crippen LogP contribution in [0.15, 0.2) is 70.5 Å². The third-order valence-corrected chi connectivity index (χ3v) is 4.41. The SMILES string of the molecule is C(=NNc1nc2nonc2nc1NCc1ccccc1)c1c[nH]c2ccccc12. The average molecular weight is 384 g/mol. The lowest BCUT2D eigenvalue weighted by molar-refractivity contribution is 0.314. The minimum absolute atomic E-state index is 0.306. The Morgan fingerprint density at radius 2 is 1.69 bits per heavy atom. The van der Waals surface area contributed by atoms with Crippen LogP contribution in [-0.2, 0) is 6.54 Å². The van der Waals surface area contributed by atoms with Gasteiger partial charge in [0, 0.05) is 29.2 Å². The van der Waals surface area contributed by atoms with Gasteiger partial charge in [0.2, 0.25) is 11.3 Å². The van der Waals surface area contributed by atoms with Crippen LogP contribution in [0.5, 0.6) is 0 Å². The van der Waals surface area contributed by atoms with E-state index >= 15 is 0 Å². The Morgan fingerprint density at radius 3 is 2.55 bits per heavy atom. The molecule has 5 aromatic rings. The first-order chi connectivity index (χ1) is 14.4. The summed E-state index contributed by atoms with van der Waals surface area (Å²) in [5, 5.41) is 16.2. The summed E-state index contributed by atoms with van der Waals surface area (Å²) < 4.78 is 4.73. The van der Waals surface area contributed by atoms with E-state index in [9.17, 15) is 0 Å². The van der Waals surface area contributed by atoms with Crippen molar-refractivity contribution in [1.82, 2.24) is 25.3 Å². The molecule has 3 heterocycles. The van der Waals surface area contributed by atoms with Gasteiger partial charge >= 0.3 is 0 Å². The quantitative estimate of drug-likeness (QED) is 0.303. The molecule has 3 N–H and O–H groups in total. The van der Waals surface area contributed by atoms with Gasteiger partial charge in [-0.05, 0) is 21.9 Å². The van der Waals surface area contributed by atoms with Gasteiger partial charge in [0.05, 0.1) is 6.21 Å². The molecule has 3 aromatic heterocycles. The van der Waals surface area contributed by atoms with Gasteiger partial charge in [-0.2, -0.15) is 10.1 Å². The molecular formula is C20H16N8O. The highest BCUT2D eigenvalue weighted by Gasteiger charge is 2.12. The second kappa shape index (κ2) is 7.39. The summed E-state index contributed by atoms with van der Waals surface area (Å²) in [5.41, 5.74) is 6.70. The standard InChI is InChI=1S/C20H16N8O/c1-2-6-13(7-3-1)10-22-17-18(25-20-19(24-17)27-29-28-20)26-23-12-14-11-21-16-9-5-4-8-15(14)16/h1-9,11-12,21H,10H2,(H,22,24,27)(H,25,26,28). The van der Waals surface area contributed by atoms with Gasteiger partial charge in [0.15, 0.2) is 11.6 Å². The monoisotopic (exact) mass is 384 g/mol. The molecule has 0 unspecified atom stereocenters. The number of hydrazone groups is 1. The Bertz CT molecular complexity index is 1290. The van der Waals surface area contributed by atoms with E-state index in [1.54, 1.807) is 6.21 Å². The summed E-state index contributed by atoms with van der Waals surface area (Å²) >= 11 is 0. The van der Waals surface area contributed by atoms with Gasteiger partial charge in [0.1, 0.15) is 0 Å². The number of benzene rings is 2. The van der Waals surface area contributed by atoms with Gasteiger partial charge in [-0.25, -0.2) is 9.61 Å². The Kier molecular flexibility index (Phi) is 4.30. The van der Waals surface area contributed by atoms with E-state index in [0.29, 0.717) is 29.5 Å². The second-order valence-electron chi connectivity index (χ2n) is 6.33. The third-order valence-electron chi connectivity index (χ3n) is 4.41. The van der Waals surface area contributed by atoms with Crippen molar-refractivity contribution in [2.24, 2.45) is 5.10 Å². The molecule has 0 saturated heterocycles. The van der Waals surface area contributed by atoms with Gasteiger partial charge in [-0.1, -0.05) is 48.5 Å². The Morgan fingerprint density at radius 1 is 0.931 bits per heavy atom. The highest BCUT2D eigenvalue weighted by atomic mass is 16.6. The van der Waals surface area contributed by atoms with Crippen molar-refractivity contribution < 1.29 is 4.63 Å². The van der Waals surface area contributed by atoms with E-state index in [2.05, 4.69) is 41.1 Å². The van der Waals surface area contributed by atoms with E-state index in [4.69, 9.17) is 4.63 Å². The number of nitrogens with one attached hydrogen (secondary N) is 3. The molecule has 0 spiro atoms. The lowest BCUT2D eigenvalue weighted by Gasteiger charge is -2.09. The van der Waals surface area contributed by atoms with Crippen LogP contribution in [0.1, 0.15) is 11.1 Å². The van der Waals surface area contributed by atoms with Gasteiger partial charge in [-0.15, -0.1) is 0 Å². The highest BCUT2D eigenvalue weighted by Crippen LogP contribution is 2.21. The number of anilines is 2. The minimum atomic E-state index is 0.306. The van der Waals surface area contributed by atoms with E-state index in [1.165, 1.54) is 0 Å². The molecule has 142 valence electrons. The molecule has 0 bridgehead atoms. The number of hydrogen-bond acceptors (Lipinski definition) is 8. The number of fused-ring (bicyclic) bond motifs is 2. The lowest BCUT2D eigenvalue weighted by Crippen LogP contribution is -2.06. The summed E-state index contributed by atoms with van der Waals surface area (Å²) in [6.45, 7) is 0.577. The summed E-state index contributed by atoms with van der Waals surface area (Å²) in [4.78, 5) is 12.1. The molecule has 0 amide bonds. The number of nitrogens with zero attached hydrogens (tertiary/aromatic N) is 5. The summed E-state index contributed by atoms with van der Waals surface area (Å²) in [7, 11) is 0.